The van der Waals surface area contributed by atoms with E-state index in [1.165, 1.54) is 12.1 Å². The van der Waals surface area contributed by atoms with Crippen LogP contribution in [0.1, 0.15) is 27.2 Å². The fourth-order valence-electron chi connectivity index (χ4n) is 4.11. The van der Waals surface area contributed by atoms with Crippen molar-refractivity contribution in [3.8, 4) is 23.0 Å². The van der Waals surface area contributed by atoms with Crippen molar-refractivity contribution in [1.82, 2.24) is 15.2 Å². The number of methoxy groups -OCH3 is 1. The second-order valence-corrected chi connectivity index (χ2v) is 10.6. The average molecular weight is 541 g/mol. The van der Waals surface area contributed by atoms with Gasteiger partial charge in [-0.3, -0.25) is 9.88 Å². The SMILES string of the molecule is COc1cc2c(Oc3ccc(NC(=O)NCCC(C)(C)C)cc3F)ccnc2cc1OCCN1CCOCC1. The van der Waals surface area contributed by atoms with Gasteiger partial charge in [-0.2, -0.15) is 0 Å². The summed E-state index contributed by atoms with van der Waals surface area (Å²) in [6.07, 6.45) is 2.42. The number of benzene rings is 2. The number of aromatic nitrogens is 1. The highest BCUT2D eigenvalue weighted by Gasteiger charge is 2.16. The molecule has 1 fully saturated rings. The summed E-state index contributed by atoms with van der Waals surface area (Å²) < 4.78 is 37.8. The predicted octanol–water partition coefficient (Wildman–Crippen LogP) is 5.44. The van der Waals surface area contributed by atoms with Crippen LogP contribution in [0.4, 0.5) is 14.9 Å². The van der Waals surface area contributed by atoms with Gasteiger partial charge in [-0.1, -0.05) is 20.8 Å². The number of hydrogen-bond acceptors (Lipinski definition) is 7. The number of pyridine rings is 1. The van der Waals surface area contributed by atoms with Crippen molar-refractivity contribution in [2.24, 2.45) is 5.41 Å². The third-order valence-corrected chi connectivity index (χ3v) is 6.33. The summed E-state index contributed by atoms with van der Waals surface area (Å²) in [5, 5.41) is 6.09. The van der Waals surface area contributed by atoms with Crippen molar-refractivity contribution in [2.45, 2.75) is 27.2 Å². The molecule has 1 aliphatic rings. The number of fused-ring (bicyclic) bond motifs is 1. The first-order chi connectivity index (χ1) is 18.7. The normalized spacial score (nSPS) is 14.2. The zero-order valence-corrected chi connectivity index (χ0v) is 23.0. The van der Waals surface area contributed by atoms with Crippen molar-refractivity contribution >= 4 is 22.6 Å². The maximum atomic E-state index is 14.9. The molecule has 4 rings (SSSR count). The highest BCUT2D eigenvalue weighted by Crippen LogP contribution is 2.37. The zero-order valence-electron chi connectivity index (χ0n) is 23.0. The molecule has 0 bridgehead atoms. The lowest BCUT2D eigenvalue weighted by Gasteiger charge is -2.26. The molecular formula is C29H37FN4O5. The number of nitrogens with zero attached hydrogens (tertiary/aromatic N) is 2. The van der Waals surface area contributed by atoms with Crippen molar-refractivity contribution in [2.75, 3.05) is 58.4 Å². The molecule has 39 heavy (non-hydrogen) atoms. The van der Waals surface area contributed by atoms with Gasteiger partial charge in [-0.25, -0.2) is 9.18 Å². The molecule has 210 valence electrons. The molecule has 1 saturated heterocycles. The monoisotopic (exact) mass is 540 g/mol. The number of anilines is 1. The minimum atomic E-state index is -0.609. The Balaban J connectivity index is 1.42. The summed E-state index contributed by atoms with van der Waals surface area (Å²) in [5.74, 6) is 0.927. The fourth-order valence-corrected chi connectivity index (χ4v) is 4.11. The number of carbonyl (C=O) groups is 1. The molecule has 10 heteroatoms. The van der Waals surface area contributed by atoms with E-state index < -0.39 is 5.82 Å². The van der Waals surface area contributed by atoms with Crippen molar-refractivity contribution in [1.29, 1.82) is 0 Å². The molecule has 2 aromatic carbocycles. The Hall–Kier alpha value is -3.63. The first-order valence-electron chi connectivity index (χ1n) is 13.1. The number of nitrogens with one attached hydrogen (secondary N) is 2. The molecule has 0 aliphatic carbocycles. The van der Waals surface area contributed by atoms with E-state index in [0.717, 1.165) is 39.3 Å². The number of amides is 2. The Morgan fingerprint density at radius 3 is 2.59 bits per heavy atom. The highest BCUT2D eigenvalue weighted by atomic mass is 19.1. The summed E-state index contributed by atoms with van der Waals surface area (Å²) in [6.45, 7) is 11.4. The van der Waals surface area contributed by atoms with Gasteiger partial charge < -0.3 is 29.6 Å². The van der Waals surface area contributed by atoms with Gasteiger partial charge in [-0.05, 0) is 36.1 Å². The quantitative estimate of drug-likeness (QED) is 0.354. The molecule has 2 N–H and O–H groups in total. The van der Waals surface area contributed by atoms with Gasteiger partial charge in [-0.15, -0.1) is 0 Å². The van der Waals surface area contributed by atoms with E-state index in [9.17, 15) is 9.18 Å². The van der Waals surface area contributed by atoms with E-state index in [1.54, 1.807) is 37.6 Å². The van der Waals surface area contributed by atoms with Gasteiger partial charge in [0.25, 0.3) is 0 Å². The number of ether oxygens (including phenoxy) is 4. The van der Waals surface area contributed by atoms with Crippen LogP contribution >= 0.6 is 0 Å². The van der Waals surface area contributed by atoms with Crippen LogP contribution in [-0.4, -0.2) is 69.0 Å². The van der Waals surface area contributed by atoms with Gasteiger partial charge in [0.1, 0.15) is 12.4 Å². The Morgan fingerprint density at radius 1 is 1.08 bits per heavy atom. The van der Waals surface area contributed by atoms with E-state index >= 15 is 0 Å². The Bertz CT molecular complexity index is 1270. The Labute approximate surface area is 228 Å². The van der Waals surface area contributed by atoms with Crippen LogP contribution < -0.4 is 24.8 Å². The predicted molar refractivity (Wildman–Crippen MR) is 149 cm³/mol. The minimum absolute atomic E-state index is 0.0194. The topological polar surface area (TPSA) is 94.2 Å². The molecule has 0 saturated carbocycles. The smallest absolute Gasteiger partial charge is 0.319 e. The lowest BCUT2D eigenvalue weighted by atomic mass is 9.92. The lowest BCUT2D eigenvalue weighted by molar-refractivity contribution is 0.0321. The van der Waals surface area contributed by atoms with Crippen molar-refractivity contribution in [3.63, 3.8) is 0 Å². The number of urea groups is 1. The summed E-state index contributed by atoms with van der Waals surface area (Å²) in [6, 6.07) is 9.14. The van der Waals surface area contributed by atoms with Gasteiger partial charge in [0.2, 0.25) is 0 Å². The molecule has 3 aromatic rings. The summed E-state index contributed by atoms with van der Waals surface area (Å²) in [5.41, 5.74) is 1.06. The second-order valence-electron chi connectivity index (χ2n) is 10.6. The lowest BCUT2D eigenvalue weighted by Crippen LogP contribution is -2.38. The molecule has 1 aromatic heterocycles. The standard InChI is InChI=1S/C29H37FN4O5/c1-29(2,3)8-10-32-28(35)33-20-5-6-25(22(30)17-20)39-24-7-9-31-23-19-27(26(36-4)18-21(23)24)38-16-13-34-11-14-37-15-12-34/h5-7,9,17-19H,8,10-16H2,1-4H3,(H2,32,33,35). The molecule has 9 nitrogen and oxygen atoms in total. The average Bonchev–Trinajstić information content (AvgIpc) is 2.90. The van der Waals surface area contributed by atoms with Gasteiger partial charge in [0.15, 0.2) is 23.1 Å². The molecule has 1 aliphatic heterocycles. The third kappa shape index (κ3) is 8.18. The van der Waals surface area contributed by atoms with Gasteiger partial charge in [0.05, 0.1) is 25.8 Å². The van der Waals surface area contributed by atoms with Crippen LogP contribution in [0.5, 0.6) is 23.0 Å². The molecule has 0 radical (unpaired) electrons. The number of hydrogen-bond donors (Lipinski definition) is 2. The number of carbonyl (C=O) groups excluding carboxylic acids is 1. The van der Waals surface area contributed by atoms with Gasteiger partial charge >= 0.3 is 6.03 Å². The molecule has 0 atom stereocenters. The molecule has 0 spiro atoms. The molecular weight excluding hydrogens is 503 g/mol. The summed E-state index contributed by atoms with van der Waals surface area (Å²) >= 11 is 0. The Kier molecular flexibility index (Phi) is 9.42. The van der Waals surface area contributed by atoms with Crippen molar-refractivity contribution < 1.29 is 28.1 Å². The first kappa shape index (κ1) is 28.4. The largest absolute Gasteiger partial charge is 0.493 e. The molecule has 0 unspecified atom stereocenters. The van der Waals surface area contributed by atoms with Crippen LogP contribution in [0, 0.1) is 11.2 Å². The van der Waals surface area contributed by atoms with E-state index in [-0.39, 0.29) is 17.2 Å². The van der Waals surface area contributed by atoms with E-state index in [1.807, 2.05) is 0 Å². The Morgan fingerprint density at radius 2 is 1.87 bits per heavy atom. The van der Waals surface area contributed by atoms with Crippen molar-refractivity contribution in [3.05, 3.63) is 48.4 Å². The van der Waals surface area contributed by atoms with E-state index in [0.29, 0.717) is 47.0 Å². The highest BCUT2D eigenvalue weighted by molar-refractivity contribution is 5.90. The van der Waals surface area contributed by atoms with Crippen LogP contribution in [0.25, 0.3) is 10.9 Å². The summed E-state index contributed by atoms with van der Waals surface area (Å²) in [7, 11) is 1.57. The second kappa shape index (κ2) is 12.9. The maximum Gasteiger partial charge on any atom is 0.319 e. The first-order valence-corrected chi connectivity index (χ1v) is 13.1. The number of rotatable bonds is 10. The molecule has 2 heterocycles. The van der Waals surface area contributed by atoms with Gasteiger partial charge in [0, 0.05) is 55.6 Å². The minimum Gasteiger partial charge on any atom is -0.493 e. The zero-order chi connectivity index (χ0) is 27.8. The van der Waals surface area contributed by atoms with Crippen LogP contribution in [0.2, 0.25) is 0 Å². The fraction of sp³-hybridized carbons (Fsp3) is 0.448. The van der Waals surface area contributed by atoms with Crippen LogP contribution in [-0.2, 0) is 4.74 Å². The van der Waals surface area contributed by atoms with E-state index in [4.69, 9.17) is 18.9 Å². The number of halogens is 1. The number of morpholine rings is 1. The summed E-state index contributed by atoms with van der Waals surface area (Å²) in [4.78, 5) is 18.9. The maximum absolute atomic E-state index is 14.9. The van der Waals surface area contributed by atoms with Crippen LogP contribution in [0.3, 0.4) is 0 Å². The van der Waals surface area contributed by atoms with E-state index in [2.05, 4.69) is 41.3 Å². The van der Waals surface area contributed by atoms with Crippen LogP contribution in [0.15, 0.2) is 42.6 Å². The molecule has 2 amide bonds. The third-order valence-electron chi connectivity index (χ3n) is 6.33.